The molecule has 0 aliphatic rings. The third-order valence-electron chi connectivity index (χ3n) is 1.55. The molecule has 1 aromatic heterocycles. The largest absolute Gasteiger partial charge is 0.465 e. The maximum Gasteiger partial charge on any atom is 0.187 e. The van der Waals surface area contributed by atoms with Crippen LogP contribution in [0.15, 0.2) is 34.0 Å². The molecule has 1 rings (SSSR count). The molecule has 2 N–H and O–H groups in total. The minimum atomic E-state index is 0.300. The Morgan fingerprint density at radius 2 is 2.38 bits per heavy atom. The van der Waals surface area contributed by atoms with Crippen LogP contribution in [-0.4, -0.2) is 17.4 Å². The van der Waals surface area contributed by atoms with Crippen molar-refractivity contribution in [1.29, 1.82) is 0 Å². The molecule has 0 radical (unpaired) electrons. The quantitative estimate of drug-likeness (QED) is 0.478. The van der Waals surface area contributed by atoms with E-state index < -0.39 is 0 Å². The van der Waals surface area contributed by atoms with Crippen molar-refractivity contribution in [3.05, 3.63) is 30.2 Å². The van der Waals surface area contributed by atoms with Crippen LogP contribution in [-0.2, 0) is 0 Å². The molecule has 0 spiro atoms. The van der Waals surface area contributed by atoms with Gasteiger partial charge in [0, 0.05) is 12.3 Å². The fourth-order valence-electron chi connectivity index (χ4n) is 0.957. The van der Waals surface area contributed by atoms with Crippen LogP contribution in [0.1, 0.15) is 19.6 Å². The van der Waals surface area contributed by atoms with Crippen LogP contribution >= 0.6 is 12.2 Å². The standard InChI is InChI=1S/C11H15N3OS/c1-9(2)13-11(16)14-12-7-3-5-10-6-4-8-15-10/h3-9H,1-2H3,(H2,13,14,16)/b5-3+,12-7+. The molecule has 1 aromatic rings. The van der Waals surface area contributed by atoms with E-state index in [-0.39, 0.29) is 0 Å². The van der Waals surface area contributed by atoms with Crippen LogP contribution in [0.2, 0.25) is 0 Å². The molecule has 0 atom stereocenters. The van der Waals surface area contributed by atoms with E-state index in [2.05, 4.69) is 15.8 Å². The normalized spacial score (nSPS) is 11.4. The molecule has 0 aliphatic heterocycles. The third-order valence-corrected chi connectivity index (χ3v) is 1.76. The summed E-state index contributed by atoms with van der Waals surface area (Å²) in [5, 5.41) is 7.44. The Morgan fingerprint density at radius 3 is 3.00 bits per heavy atom. The zero-order chi connectivity index (χ0) is 11.8. The van der Waals surface area contributed by atoms with Crippen LogP contribution in [0.4, 0.5) is 0 Å². The van der Waals surface area contributed by atoms with Gasteiger partial charge in [-0.25, -0.2) is 0 Å². The summed E-state index contributed by atoms with van der Waals surface area (Å²) in [5.41, 5.74) is 2.70. The van der Waals surface area contributed by atoms with Crippen molar-refractivity contribution in [2.45, 2.75) is 19.9 Å². The molecule has 0 saturated heterocycles. The van der Waals surface area contributed by atoms with E-state index in [0.717, 1.165) is 5.76 Å². The number of nitrogens with one attached hydrogen (secondary N) is 2. The molecule has 0 fully saturated rings. The van der Waals surface area contributed by atoms with Crippen molar-refractivity contribution in [3.8, 4) is 0 Å². The molecular formula is C11H15N3OS. The summed E-state index contributed by atoms with van der Waals surface area (Å²) in [6.07, 6.45) is 6.81. The van der Waals surface area contributed by atoms with Gasteiger partial charge in [-0.05, 0) is 50.4 Å². The second kappa shape index (κ2) is 6.79. The van der Waals surface area contributed by atoms with Crippen molar-refractivity contribution in [2.24, 2.45) is 5.10 Å². The first kappa shape index (κ1) is 12.4. The number of furan rings is 1. The van der Waals surface area contributed by atoms with Gasteiger partial charge < -0.3 is 9.73 Å². The molecule has 0 unspecified atom stereocenters. The van der Waals surface area contributed by atoms with Gasteiger partial charge in [-0.2, -0.15) is 5.10 Å². The SMILES string of the molecule is CC(C)NC(=S)N/N=C/C=C/c1ccco1. The average molecular weight is 237 g/mol. The van der Waals surface area contributed by atoms with Crippen LogP contribution in [0, 0.1) is 0 Å². The van der Waals surface area contributed by atoms with E-state index in [0.29, 0.717) is 11.2 Å². The van der Waals surface area contributed by atoms with Crippen molar-refractivity contribution >= 4 is 29.6 Å². The van der Waals surface area contributed by atoms with Gasteiger partial charge in [0.2, 0.25) is 0 Å². The van der Waals surface area contributed by atoms with Crippen molar-refractivity contribution in [2.75, 3.05) is 0 Å². The molecule has 0 aromatic carbocycles. The van der Waals surface area contributed by atoms with E-state index in [1.807, 2.05) is 32.1 Å². The van der Waals surface area contributed by atoms with Gasteiger partial charge in [-0.1, -0.05) is 0 Å². The first-order valence-corrected chi connectivity index (χ1v) is 5.39. The molecule has 4 nitrogen and oxygen atoms in total. The lowest BCUT2D eigenvalue weighted by atomic mass is 10.4. The van der Waals surface area contributed by atoms with Crippen LogP contribution in [0.3, 0.4) is 0 Å². The van der Waals surface area contributed by atoms with Crippen molar-refractivity contribution in [1.82, 2.24) is 10.7 Å². The van der Waals surface area contributed by atoms with Crippen LogP contribution in [0.5, 0.6) is 0 Å². The summed E-state index contributed by atoms with van der Waals surface area (Å²) in [4.78, 5) is 0. The van der Waals surface area contributed by atoms with Crippen molar-refractivity contribution < 1.29 is 4.42 Å². The molecule has 0 amide bonds. The van der Waals surface area contributed by atoms with Gasteiger partial charge in [0.05, 0.1) is 6.26 Å². The Hall–Kier alpha value is -1.62. The molecule has 5 heteroatoms. The highest BCUT2D eigenvalue weighted by atomic mass is 32.1. The Kier molecular flexibility index (Phi) is 5.28. The predicted molar refractivity (Wildman–Crippen MR) is 70.2 cm³/mol. The first-order chi connectivity index (χ1) is 7.68. The lowest BCUT2D eigenvalue weighted by Gasteiger charge is -2.08. The Labute approximate surface area is 100 Å². The predicted octanol–water partition coefficient (Wildman–Crippen LogP) is 2.15. The minimum absolute atomic E-state index is 0.300. The van der Waals surface area contributed by atoms with Gasteiger partial charge in [-0.3, -0.25) is 5.43 Å². The second-order valence-electron chi connectivity index (χ2n) is 3.39. The van der Waals surface area contributed by atoms with E-state index in [4.69, 9.17) is 16.6 Å². The lowest BCUT2D eigenvalue weighted by Crippen LogP contribution is -2.36. The highest BCUT2D eigenvalue weighted by Crippen LogP contribution is 2.00. The van der Waals surface area contributed by atoms with Gasteiger partial charge in [0.1, 0.15) is 5.76 Å². The average Bonchev–Trinajstić information content (AvgIpc) is 2.68. The number of hydrazone groups is 1. The number of hydrogen-bond donors (Lipinski definition) is 2. The Balaban J connectivity index is 2.25. The maximum absolute atomic E-state index is 5.11. The highest BCUT2D eigenvalue weighted by Gasteiger charge is 1.94. The lowest BCUT2D eigenvalue weighted by molar-refractivity contribution is 0.557. The summed E-state index contributed by atoms with van der Waals surface area (Å²) in [7, 11) is 0. The number of rotatable bonds is 4. The number of thiocarbonyl (C=S) groups is 1. The second-order valence-corrected chi connectivity index (χ2v) is 3.80. The number of nitrogens with zero attached hydrogens (tertiary/aromatic N) is 1. The molecule has 0 bridgehead atoms. The fourth-order valence-corrected chi connectivity index (χ4v) is 1.25. The number of allylic oxidation sites excluding steroid dienone is 1. The summed E-state index contributed by atoms with van der Waals surface area (Å²) in [6, 6.07) is 3.99. The summed E-state index contributed by atoms with van der Waals surface area (Å²) >= 11 is 4.98. The smallest absolute Gasteiger partial charge is 0.187 e. The Morgan fingerprint density at radius 1 is 1.56 bits per heavy atom. The van der Waals surface area contributed by atoms with E-state index in [1.54, 1.807) is 18.6 Å². The van der Waals surface area contributed by atoms with Crippen LogP contribution in [0.25, 0.3) is 6.08 Å². The molecule has 16 heavy (non-hydrogen) atoms. The summed E-state index contributed by atoms with van der Waals surface area (Å²) < 4.78 is 5.11. The topological polar surface area (TPSA) is 49.6 Å². The maximum atomic E-state index is 5.11. The highest BCUT2D eigenvalue weighted by molar-refractivity contribution is 7.80. The monoisotopic (exact) mass is 237 g/mol. The fraction of sp³-hybridized carbons (Fsp3) is 0.273. The molecule has 0 aliphatic carbocycles. The van der Waals surface area contributed by atoms with E-state index >= 15 is 0 Å². The van der Waals surface area contributed by atoms with E-state index in [9.17, 15) is 0 Å². The van der Waals surface area contributed by atoms with Gasteiger partial charge >= 0.3 is 0 Å². The number of hydrogen-bond acceptors (Lipinski definition) is 3. The molecular weight excluding hydrogens is 222 g/mol. The Bertz CT molecular complexity index is 369. The summed E-state index contributed by atoms with van der Waals surface area (Å²) in [5.74, 6) is 0.786. The van der Waals surface area contributed by atoms with Gasteiger partial charge in [0.25, 0.3) is 0 Å². The first-order valence-electron chi connectivity index (χ1n) is 4.98. The van der Waals surface area contributed by atoms with Gasteiger partial charge in [-0.15, -0.1) is 0 Å². The minimum Gasteiger partial charge on any atom is -0.465 e. The van der Waals surface area contributed by atoms with Crippen LogP contribution < -0.4 is 10.7 Å². The van der Waals surface area contributed by atoms with E-state index in [1.165, 1.54) is 0 Å². The zero-order valence-corrected chi connectivity index (χ0v) is 10.1. The summed E-state index contributed by atoms with van der Waals surface area (Å²) in [6.45, 7) is 4.02. The molecule has 86 valence electrons. The zero-order valence-electron chi connectivity index (χ0n) is 9.31. The molecule has 0 saturated carbocycles. The molecule has 1 heterocycles. The van der Waals surface area contributed by atoms with Gasteiger partial charge in [0.15, 0.2) is 5.11 Å². The third kappa shape index (κ3) is 5.31. The van der Waals surface area contributed by atoms with Crippen molar-refractivity contribution in [3.63, 3.8) is 0 Å².